The Morgan fingerprint density at radius 3 is 2.27 bits per heavy atom. The quantitative estimate of drug-likeness (QED) is 0.0495. The Hall–Kier alpha value is -0.948. The van der Waals surface area contributed by atoms with E-state index in [0.29, 0.717) is 37.4 Å². The molecule has 0 aromatic heterocycles. The summed E-state index contributed by atoms with van der Waals surface area (Å²) in [4.78, 5) is 11.2. The Morgan fingerprint density at radius 2 is 1.67 bits per heavy atom. The summed E-state index contributed by atoms with van der Waals surface area (Å²) in [7, 11) is 0. The maximum atomic E-state index is 13.5. The second-order valence-electron chi connectivity index (χ2n) is 9.35. The fraction of sp³-hybridized carbons (Fsp3) is 0.355. The second-order valence-corrected chi connectivity index (χ2v) is 9.35. The predicted molar refractivity (Wildman–Crippen MR) is 148 cm³/mol. The molecule has 3 aromatic carbocycles. The van der Waals surface area contributed by atoms with Gasteiger partial charge < -0.3 is 48.5 Å². The number of carbonyl (C=O) groups is 1. The number of hydrogen-bond donors (Lipinski definition) is 3. The van der Waals surface area contributed by atoms with Crippen LogP contribution in [0.25, 0.3) is 0 Å². The summed E-state index contributed by atoms with van der Waals surface area (Å²) in [6.45, 7) is 0.00500. The fourth-order valence-corrected chi connectivity index (χ4v) is 4.28. The van der Waals surface area contributed by atoms with Crippen molar-refractivity contribution in [1.82, 2.24) is 0 Å². The van der Waals surface area contributed by atoms with Crippen molar-refractivity contribution in [3.8, 4) is 11.5 Å². The number of benzene rings is 3. The van der Waals surface area contributed by atoms with Gasteiger partial charge in [0.1, 0.15) is 48.1 Å². The topological polar surface area (TPSA) is 141 Å². The Balaban J connectivity index is -0.000000683. The maximum Gasteiger partial charge on any atom is 1.00 e. The Morgan fingerprint density at radius 1 is 1.02 bits per heavy atom. The van der Waals surface area contributed by atoms with Crippen LogP contribution in [0.3, 0.4) is 0 Å². The molecule has 3 aromatic rings. The van der Waals surface area contributed by atoms with Gasteiger partial charge in [-0.05, 0) is 78.8 Å². The van der Waals surface area contributed by atoms with Crippen LogP contribution in [0.15, 0.2) is 66.7 Å². The number of hydrogen-bond acceptors (Lipinski definition) is 9. The van der Waals surface area contributed by atoms with Gasteiger partial charge in [-0.15, -0.1) is 0 Å². The molecule has 1 saturated heterocycles. The summed E-state index contributed by atoms with van der Waals surface area (Å²) < 4.78 is 42.9. The van der Waals surface area contributed by atoms with Crippen molar-refractivity contribution in [1.29, 1.82) is 0 Å². The zero-order valence-corrected chi connectivity index (χ0v) is 31.1. The molecule has 0 bridgehead atoms. The maximum absolute atomic E-state index is 13.5. The molecule has 3 N–H and O–H groups in total. The summed E-state index contributed by atoms with van der Waals surface area (Å²) in [5, 5.41) is 35.6. The predicted octanol–water partition coefficient (Wildman–Crippen LogP) is -3.03. The minimum absolute atomic E-state index is 0. The first kappa shape index (κ1) is 46.2. The first-order valence-electron chi connectivity index (χ1n) is 13.1. The molecule has 1 fully saturated rings. The number of fused-ring (bicyclic) bond motifs is 1. The summed E-state index contributed by atoms with van der Waals surface area (Å²) in [6, 6.07) is 18.8. The van der Waals surface area contributed by atoms with Gasteiger partial charge in [0, 0.05) is 20.4 Å². The van der Waals surface area contributed by atoms with E-state index in [-0.39, 0.29) is 132 Å². The number of aliphatic hydroxyl groups is 3. The van der Waals surface area contributed by atoms with Gasteiger partial charge in [0.25, 0.3) is 6.47 Å². The van der Waals surface area contributed by atoms with Crippen LogP contribution in [0.1, 0.15) is 31.0 Å². The molecule has 5 rings (SSSR count). The third-order valence-corrected chi connectivity index (χ3v) is 6.48. The zero-order chi connectivity index (χ0) is 29.6. The van der Waals surface area contributed by atoms with Crippen LogP contribution in [-0.4, -0.2) is 59.4 Å². The molecule has 0 aliphatic carbocycles. The van der Waals surface area contributed by atoms with E-state index < -0.39 is 12.2 Å². The molecule has 14 heteroatoms. The minimum Gasteiger partial charge on any atom is -1.00 e. The Bertz CT molecular complexity index is 1240. The molecule has 9 nitrogen and oxygen atoms in total. The van der Waals surface area contributed by atoms with Crippen LogP contribution in [0, 0.1) is 19.1 Å². The van der Waals surface area contributed by atoms with Gasteiger partial charge in [0.15, 0.2) is 0 Å². The number of carbonyl (C=O) groups excluding carboxylic acids is 1. The Kier molecular flexibility index (Phi) is 25.8. The van der Waals surface area contributed by atoms with Crippen LogP contribution in [0.5, 0.6) is 11.5 Å². The number of halogens is 2. The molecule has 0 amide bonds. The third-order valence-electron chi connectivity index (χ3n) is 6.48. The number of aliphatic hydroxyl groups excluding tert-OH is 3. The van der Waals surface area contributed by atoms with Gasteiger partial charge in [-0.3, -0.25) is 4.79 Å². The van der Waals surface area contributed by atoms with Crippen molar-refractivity contribution in [2.75, 3.05) is 13.2 Å². The molecule has 4 unspecified atom stereocenters. The zero-order valence-electron chi connectivity index (χ0n) is 26.6. The third kappa shape index (κ3) is 16.1. The van der Waals surface area contributed by atoms with E-state index in [9.17, 15) is 13.9 Å². The van der Waals surface area contributed by atoms with Gasteiger partial charge in [-0.2, -0.15) is 0 Å². The molecular weight excluding hydrogens is 707 g/mol. The molecule has 2 aliphatic heterocycles. The number of ether oxygens (including phenoxy) is 3. The van der Waals surface area contributed by atoms with Crippen molar-refractivity contribution in [3.63, 3.8) is 0 Å². The van der Waals surface area contributed by atoms with Crippen molar-refractivity contribution >= 4 is 6.47 Å². The summed E-state index contributed by atoms with van der Waals surface area (Å²) in [6.07, 6.45) is 1.44. The monoisotopic (exact) mass is 743 g/mol. The van der Waals surface area contributed by atoms with Crippen LogP contribution >= 0.6 is 0 Å². The molecule has 0 saturated carbocycles. The molecular formula is C31H37F2Na2O9Pd-. The molecule has 2 aliphatic rings. The minimum atomic E-state index is -0.872. The van der Waals surface area contributed by atoms with E-state index in [1.54, 1.807) is 12.1 Å². The summed E-state index contributed by atoms with van der Waals surface area (Å²) in [5.74, 6) is 0.752. The molecule has 0 spiro atoms. The number of rotatable bonds is 10. The average Bonchev–Trinajstić information content (AvgIpc) is 3.78. The van der Waals surface area contributed by atoms with Crippen molar-refractivity contribution in [2.45, 2.75) is 56.7 Å². The van der Waals surface area contributed by atoms with Crippen molar-refractivity contribution in [2.24, 2.45) is 0 Å². The van der Waals surface area contributed by atoms with Gasteiger partial charge >= 0.3 is 59.1 Å². The van der Waals surface area contributed by atoms with Crippen molar-refractivity contribution in [3.05, 3.63) is 102 Å². The standard InChI is InChI=1S/C18H19FO3.C11H13FO3.CH2O3.CH3.2Na.Pd.H/c19-15-7-9-16(21-12-13-4-2-1-3-5-13)14(10-15)6-8-17-18(11-20)22-17;12-8-2-4-10-7(5-8)1-3-11(15-10)9(14)6-13;2-1-4-3;;;;;/h1-5,7,9-10,17-18,20H,6,8,11-12H2;2,4-5,9,11,13-14H,1,3,6H2;1,3H;1H3;;;;/q;;;-1;2*+1;;-1/p-1. The largest absolute Gasteiger partial charge is 1.00 e. The van der Waals surface area contributed by atoms with E-state index >= 15 is 0 Å². The van der Waals surface area contributed by atoms with E-state index in [1.807, 2.05) is 30.3 Å². The number of epoxide rings is 1. The Labute approximate surface area is 321 Å². The smallest absolute Gasteiger partial charge is 1.00 e. The van der Waals surface area contributed by atoms with Crippen molar-refractivity contribution < 1.29 is 134 Å². The van der Waals surface area contributed by atoms with Gasteiger partial charge in [-0.25, -0.2) is 8.78 Å². The fourth-order valence-electron chi connectivity index (χ4n) is 4.28. The molecule has 0 radical (unpaired) electrons. The number of aryl methyl sites for hydroxylation is 2. The second kappa shape index (κ2) is 25.1. The average molecular weight is 744 g/mol. The van der Waals surface area contributed by atoms with E-state index in [4.69, 9.17) is 34.5 Å². The van der Waals surface area contributed by atoms with E-state index in [1.165, 1.54) is 24.3 Å². The van der Waals surface area contributed by atoms with E-state index in [2.05, 4.69) is 4.89 Å². The van der Waals surface area contributed by atoms with Gasteiger partial charge in [0.05, 0.1) is 19.3 Å². The summed E-state index contributed by atoms with van der Waals surface area (Å²) >= 11 is 0. The van der Waals surface area contributed by atoms with Crippen LogP contribution < -0.4 is 73.8 Å². The first-order valence-corrected chi connectivity index (χ1v) is 13.1. The normalized spacial score (nSPS) is 17.4. The van der Waals surface area contributed by atoms with Crippen LogP contribution in [0.2, 0.25) is 0 Å². The molecule has 242 valence electrons. The van der Waals surface area contributed by atoms with Crippen LogP contribution in [-0.2, 0) is 54.3 Å². The SMILES string of the molecule is O=CO[O-].OCC(O)C1CCc2cc(F)ccc2O1.OCC1OC1CCc1cc(F)ccc1OCc1ccccc1.[CH3-].[H-].[Na+].[Na+].[Pd]. The molecule has 2 heterocycles. The molecule has 4 atom stereocenters. The first-order chi connectivity index (χ1) is 19.9. The van der Waals surface area contributed by atoms with E-state index in [0.717, 1.165) is 23.1 Å². The summed E-state index contributed by atoms with van der Waals surface area (Å²) in [5.41, 5.74) is 2.73. The van der Waals surface area contributed by atoms with Gasteiger partial charge in [0.2, 0.25) is 0 Å². The van der Waals surface area contributed by atoms with Gasteiger partial charge in [-0.1, -0.05) is 30.3 Å². The van der Waals surface area contributed by atoms with Crippen LogP contribution in [0.4, 0.5) is 8.78 Å². The molecule has 45 heavy (non-hydrogen) atoms.